The largest absolute Gasteiger partial charge is 0.330 e. The number of pyridine rings is 1. The highest BCUT2D eigenvalue weighted by atomic mass is 35.5. The van der Waals surface area contributed by atoms with Crippen LogP contribution in [0.15, 0.2) is 24.5 Å². The lowest BCUT2D eigenvalue weighted by Crippen LogP contribution is -2.36. The van der Waals surface area contributed by atoms with Crippen LogP contribution in [0.2, 0.25) is 5.02 Å². The van der Waals surface area contributed by atoms with E-state index in [-0.39, 0.29) is 5.41 Å². The zero-order chi connectivity index (χ0) is 14.0. The number of nitrogens with two attached hydrogens (primary N) is 1. The van der Waals surface area contributed by atoms with Gasteiger partial charge in [0.2, 0.25) is 0 Å². The van der Waals surface area contributed by atoms with Crippen LogP contribution in [0.25, 0.3) is 5.65 Å². The van der Waals surface area contributed by atoms with E-state index in [9.17, 15) is 0 Å². The van der Waals surface area contributed by atoms with Crippen molar-refractivity contribution in [2.24, 2.45) is 11.1 Å². The Morgan fingerprint density at radius 2 is 2.11 bits per heavy atom. The van der Waals surface area contributed by atoms with Crippen molar-refractivity contribution in [2.45, 2.75) is 20.4 Å². The molecular weight excluding hydrogens is 260 g/mol. The van der Waals surface area contributed by atoms with Gasteiger partial charge in [-0.15, -0.1) is 0 Å². The molecule has 0 spiro atoms. The van der Waals surface area contributed by atoms with E-state index < -0.39 is 0 Å². The van der Waals surface area contributed by atoms with Gasteiger partial charge in [0.05, 0.1) is 10.7 Å². The van der Waals surface area contributed by atoms with Crippen LogP contribution in [0.4, 0.5) is 0 Å². The number of hydrogen-bond acceptors (Lipinski definition) is 3. The van der Waals surface area contributed by atoms with Crippen LogP contribution >= 0.6 is 11.6 Å². The second-order valence-corrected chi connectivity index (χ2v) is 6.32. The summed E-state index contributed by atoms with van der Waals surface area (Å²) in [4.78, 5) is 6.83. The predicted molar refractivity (Wildman–Crippen MR) is 79.4 cm³/mol. The zero-order valence-corrected chi connectivity index (χ0v) is 12.5. The zero-order valence-electron chi connectivity index (χ0n) is 11.7. The highest BCUT2D eigenvalue weighted by molar-refractivity contribution is 6.30. The van der Waals surface area contributed by atoms with Gasteiger partial charge < -0.3 is 10.1 Å². The highest BCUT2D eigenvalue weighted by Gasteiger charge is 2.18. The first-order valence-corrected chi connectivity index (χ1v) is 6.79. The van der Waals surface area contributed by atoms with Crippen molar-refractivity contribution in [1.82, 2.24) is 14.3 Å². The third-order valence-corrected chi connectivity index (χ3v) is 3.37. The molecule has 2 rings (SSSR count). The van der Waals surface area contributed by atoms with E-state index in [1.54, 1.807) is 0 Å². The molecule has 0 fully saturated rings. The number of fused-ring (bicyclic) bond motifs is 1. The molecule has 0 radical (unpaired) electrons. The van der Waals surface area contributed by atoms with Gasteiger partial charge in [-0.1, -0.05) is 25.4 Å². The minimum atomic E-state index is 0.122. The van der Waals surface area contributed by atoms with Gasteiger partial charge in [0.25, 0.3) is 0 Å². The number of halogens is 1. The molecule has 0 amide bonds. The van der Waals surface area contributed by atoms with Crippen molar-refractivity contribution in [3.8, 4) is 0 Å². The maximum Gasteiger partial charge on any atom is 0.137 e. The second-order valence-electron chi connectivity index (χ2n) is 5.89. The Balaban J connectivity index is 2.09. The summed E-state index contributed by atoms with van der Waals surface area (Å²) in [6.07, 6.45) is 3.89. The molecule has 0 aliphatic rings. The van der Waals surface area contributed by atoms with Gasteiger partial charge in [0, 0.05) is 25.5 Å². The van der Waals surface area contributed by atoms with Crippen molar-refractivity contribution >= 4 is 17.2 Å². The monoisotopic (exact) mass is 280 g/mol. The normalized spacial score (nSPS) is 12.5. The van der Waals surface area contributed by atoms with Crippen molar-refractivity contribution in [1.29, 1.82) is 0 Å². The first kappa shape index (κ1) is 14.3. The molecule has 104 valence electrons. The van der Waals surface area contributed by atoms with Crippen LogP contribution in [-0.4, -0.2) is 34.4 Å². The molecule has 0 aromatic carbocycles. The van der Waals surface area contributed by atoms with E-state index in [1.807, 2.05) is 28.9 Å². The third kappa shape index (κ3) is 3.69. The highest BCUT2D eigenvalue weighted by Crippen LogP contribution is 2.16. The van der Waals surface area contributed by atoms with Crippen molar-refractivity contribution < 1.29 is 0 Å². The van der Waals surface area contributed by atoms with Crippen molar-refractivity contribution in [3.05, 3.63) is 35.2 Å². The fourth-order valence-electron chi connectivity index (χ4n) is 2.22. The smallest absolute Gasteiger partial charge is 0.137 e. The van der Waals surface area contributed by atoms with Gasteiger partial charge in [-0.25, -0.2) is 4.98 Å². The molecule has 4 nitrogen and oxygen atoms in total. The van der Waals surface area contributed by atoms with Crippen LogP contribution in [0.1, 0.15) is 19.5 Å². The summed E-state index contributed by atoms with van der Waals surface area (Å²) in [5.74, 6) is 0. The minimum Gasteiger partial charge on any atom is -0.330 e. The summed E-state index contributed by atoms with van der Waals surface area (Å²) >= 11 is 5.97. The average Bonchev–Trinajstić information content (AvgIpc) is 2.69. The Bertz CT molecular complexity index is 562. The summed E-state index contributed by atoms with van der Waals surface area (Å²) in [5.41, 5.74) is 7.85. The van der Waals surface area contributed by atoms with E-state index in [0.717, 1.165) is 24.4 Å². The summed E-state index contributed by atoms with van der Waals surface area (Å²) in [6.45, 7) is 6.78. The number of nitrogens with zero attached hydrogens (tertiary/aromatic N) is 3. The van der Waals surface area contributed by atoms with Gasteiger partial charge in [-0.05, 0) is 31.1 Å². The number of hydrogen-bond donors (Lipinski definition) is 1. The molecule has 0 unspecified atom stereocenters. The molecule has 2 aromatic rings. The lowest BCUT2D eigenvalue weighted by Gasteiger charge is -2.28. The van der Waals surface area contributed by atoms with Gasteiger partial charge in [-0.2, -0.15) is 0 Å². The minimum absolute atomic E-state index is 0.122. The number of imidazole rings is 1. The molecular formula is C14H21ClN4. The standard InChI is InChI=1S/C14H21ClN4/c1-14(2,9-16)10-18(3)7-12-8-19-6-11(15)4-5-13(19)17-12/h4-6,8H,7,9-10,16H2,1-3H3. The van der Waals surface area contributed by atoms with E-state index in [0.29, 0.717) is 11.6 Å². The fraction of sp³-hybridized carbons (Fsp3) is 0.500. The second kappa shape index (κ2) is 5.49. The summed E-state index contributed by atoms with van der Waals surface area (Å²) in [6, 6.07) is 3.78. The molecule has 0 bridgehead atoms. The Kier molecular flexibility index (Phi) is 4.13. The predicted octanol–water partition coefficient (Wildman–Crippen LogP) is 2.40. The molecule has 0 saturated heterocycles. The maximum atomic E-state index is 5.97. The van der Waals surface area contributed by atoms with Crippen LogP contribution in [0.3, 0.4) is 0 Å². The van der Waals surface area contributed by atoms with E-state index >= 15 is 0 Å². The molecule has 5 heteroatoms. The molecule has 0 atom stereocenters. The molecule has 2 aromatic heterocycles. The molecule has 0 aliphatic heterocycles. The first-order valence-electron chi connectivity index (χ1n) is 6.41. The van der Waals surface area contributed by atoms with E-state index in [1.165, 1.54) is 0 Å². The van der Waals surface area contributed by atoms with Crippen molar-refractivity contribution in [2.75, 3.05) is 20.1 Å². The number of aromatic nitrogens is 2. The molecule has 19 heavy (non-hydrogen) atoms. The summed E-state index contributed by atoms with van der Waals surface area (Å²) in [5, 5.41) is 0.717. The molecule has 0 aliphatic carbocycles. The summed E-state index contributed by atoms with van der Waals surface area (Å²) < 4.78 is 1.96. The average molecular weight is 281 g/mol. The first-order chi connectivity index (χ1) is 8.89. The molecule has 0 saturated carbocycles. The molecule has 2 heterocycles. The fourth-order valence-corrected chi connectivity index (χ4v) is 2.39. The Morgan fingerprint density at radius 3 is 2.79 bits per heavy atom. The maximum absolute atomic E-state index is 5.97. The Hall–Kier alpha value is -1.10. The van der Waals surface area contributed by atoms with Gasteiger partial charge in [0.15, 0.2) is 0 Å². The lowest BCUT2D eigenvalue weighted by molar-refractivity contribution is 0.208. The molecule has 2 N–H and O–H groups in total. The van der Waals surface area contributed by atoms with Gasteiger partial charge in [0.1, 0.15) is 5.65 Å². The lowest BCUT2D eigenvalue weighted by atomic mass is 9.93. The summed E-state index contributed by atoms with van der Waals surface area (Å²) in [7, 11) is 2.09. The Labute approximate surface area is 119 Å². The van der Waals surface area contributed by atoms with Gasteiger partial charge in [-0.3, -0.25) is 4.90 Å². The Morgan fingerprint density at radius 1 is 1.37 bits per heavy atom. The van der Waals surface area contributed by atoms with Gasteiger partial charge >= 0.3 is 0 Å². The number of rotatable bonds is 5. The quantitative estimate of drug-likeness (QED) is 0.915. The SMILES string of the molecule is CN(Cc1cn2cc(Cl)ccc2n1)CC(C)(C)CN. The topological polar surface area (TPSA) is 46.6 Å². The van der Waals surface area contributed by atoms with Crippen LogP contribution in [0, 0.1) is 5.41 Å². The van der Waals surface area contributed by atoms with Crippen molar-refractivity contribution in [3.63, 3.8) is 0 Å². The van der Waals surface area contributed by atoms with Crippen LogP contribution < -0.4 is 5.73 Å². The van der Waals surface area contributed by atoms with Crippen LogP contribution in [-0.2, 0) is 6.54 Å². The van der Waals surface area contributed by atoms with E-state index in [4.69, 9.17) is 17.3 Å². The third-order valence-electron chi connectivity index (χ3n) is 3.15. The van der Waals surface area contributed by atoms with E-state index in [2.05, 4.69) is 30.8 Å². The van der Waals surface area contributed by atoms with Crippen LogP contribution in [0.5, 0.6) is 0 Å².